The molecule has 0 bridgehead atoms. The fourth-order valence-electron chi connectivity index (χ4n) is 3.79. The predicted octanol–water partition coefficient (Wildman–Crippen LogP) is 6.61. The second-order valence-corrected chi connectivity index (χ2v) is 7.94. The molecule has 3 aromatic carbocycles. The molecule has 3 aromatic rings. The van der Waals surface area contributed by atoms with Crippen molar-refractivity contribution >= 4 is 0 Å². The minimum Gasteiger partial charge on any atom is -0.496 e. The predicted molar refractivity (Wildman–Crippen MR) is 120 cm³/mol. The second kappa shape index (κ2) is 9.94. The summed E-state index contributed by atoms with van der Waals surface area (Å²) in [5.41, 5.74) is 7.56. The zero-order valence-corrected chi connectivity index (χ0v) is 17.6. The average molecular weight is 384 g/mol. The van der Waals surface area contributed by atoms with Crippen LogP contribution in [0.15, 0.2) is 66.7 Å². The number of aryl methyl sites for hydroxylation is 1. The summed E-state index contributed by atoms with van der Waals surface area (Å²) in [6.45, 7) is 4.50. The molecule has 0 aliphatic heterocycles. The lowest BCUT2D eigenvalue weighted by atomic mass is 9.90. The first-order chi connectivity index (χ1) is 14.1. The molecule has 0 aromatic heterocycles. The summed E-state index contributed by atoms with van der Waals surface area (Å²) >= 11 is 0. The molecule has 29 heavy (non-hydrogen) atoms. The Hall–Kier alpha value is -3.05. The molecule has 2 heteroatoms. The van der Waals surface area contributed by atoms with Crippen LogP contribution in [0.4, 0.5) is 0 Å². The molecule has 0 radical (unpaired) electrons. The first-order valence-corrected chi connectivity index (χ1v) is 10.3. The number of benzene rings is 3. The van der Waals surface area contributed by atoms with Crippen molar-refractivity contribution in [1.82, 2.24) is 0 Å². The van der Waals surface area contributed by atoms with Crippen molar-refractivity contribution in [2.24, 2.45) is 5.92 Å². The topological polar surface area (TPSA) is 33.0 Å². The van der Waals surface area contributed by atoms with Gasteiger partial charge in [-0.25, -0.2) is 0 Å². The summed E-state index contributed by atoms with van der Waals surface area (Å²) in [6, 6.07) is 25.9. The van der Waals surface area contributed by atoms with Crippen LogP contribution in [0.3, 0.4) is 0 Å². The standard InChI is InChI=1S/C27H29NO/c1-20(2)16-24-17-22(10-7-15-28)11-13-26(24)23-12-14-27(29-3)25(19-23)18-21-8-5-4-6-9-21/h4-6,8-9,11-14,17,19-20H,7,10,16,18H2,1-3H3. The van der Waals surface area contributed by atoms with E-state index in [9.17, 15) is 0 Å². The van der Waals surface area contributed by atoms with Gasteiger partial charge in [-0.2, -0.15) is 5.26 Å². The Morgan fingerprint density at radius 3 is 2.38 bits per heavy atom. The number of rotatable bonds is 8. The molecule has 2 nitrogen and oxygen atoms in total. The van der Waals surface area contributed by atoms with Gasteiger partial charge in [-0.15, -0.1) is 0 Å². The van der Waals surface area contributed by atoms with Crippen molar-refractivity contribution in [3.8, 4) is 22.9 Å². The molecule has 0 aliphatic carbocycles. The zero-order chi connectivity index (χ0) is 20.6. The SMILES string of the molecule is COc1ccc(-c2ccc(CCC#N)cc2CC(C)C)cc1Cc1ccccc1. The van der Waals surface area contributed by atoms with Crippen LogP contribution in [0.2, 0.25) is 0 Å². The van der Waals surface area contributed by atoms with Crippen LogP contribution in [0.1, 0.15) is 42.5 Å². The van der Waals surface area contributed by atoms with Gasteiger partial charge in [-0.05, 0) is 64.3 Å². The minimum absolute atomic E-state index is 0.560. The van der Waals surface area contributed by atoms with E-state index in [2.05, 4.69) is 80.6 Å². The summed E-state index contributed by atoms with van der Waals surface area (Å²) in [5, 5.41) is 8.91. The Labute approximate surface area is 174 Å². The van der Waals surface area contributed by atoms with Gasteiger partial charge in [0.05, 0.1) is 13.2 Å². The van der Waals surface area contributed by atoms with Crippen molar-refractivity contribution in [3.63, 3.8) is 0 Å². The quantitative estimate of drug-likeness (QED) is 0.438. The van der Waals surface area contributed by atoms with Crippen molar-refractivity contribution in [3.05, 3.63) is 89.0 Å². The number of methoxy groups -OCH3 is 1. The van der Waals surface area contributed by atoms with Crippen LogP contribution in [0, 0.1) is 17.2 Å². The van der Waals surface area contributed by atoms with E-state index >= 15 is 0 Å². The monoisotopic (exact) mass is 383 g/mol. The molecule has 148 valence electrons. The van der Waals surface area contributed by atoms with Crippen LogP contribution < -0.4 is 4.74 Å². The third-order valence-corrected chi connectivity index (χ3v) is 5.15. The average Bonchev–Trinajstić information content (AvgIpc) is 2.73. The van der Waals surface area contributed by atoms with E-state index in [0.29, 0.717) is 12.3 Å². The number of hydrogen-bond acceptors (Lipinski definition) is 2. The van der Waals surface area contributed by atoms with E-state index < -0.39 is 0 Å². The van der Waals surface area contributed by atoms with E-state index in [0.717, 1.165) is 25.0 Å². The maximum absolute atomic E-state index is 8.91. The molecule has 0 saturated carbocycles. The molecule has 0 amide bonds. The van der Waals surface area contributed by atoms with Gasteiger partial charge in [0.15, 0.2) is 0 Å². The van der Waals surface area contributed by atoms with Crippen LogP contribution in [-0.2, 0) is 19.3 Å². The largest absolute Gasteiger partial charge is 0.496 e. The highest BCUT2D eigenvalue weighted by Crippen LogP contribution is 2.32. The van der Waals surface area contributed by atoms with Gasteiger partial charge in [-0.3, -0.25) is 0 Å². The first kappa shape index (κ1) is 20.7. The Kier molecular flexibility index (Phi) is 7.09. The summed E-state index contributed by atoms with van der Waals surface area (Å²) in [5.74, 6) is 1.50. The minimum atomic E-state index is 0.560. The van der Waals surface area contributed by atoms with E-state index in [4.69, 9.17) is 10.00 Å². The fourth-order valence-corrected chi connectivity index (χ4v) is 3.79. The lowest BCUT2D eigenvalue weighted by Gasteiger charge is -2.16. The lowest BCUT2D eigenvalue weighted by Crippen LogP contribution is -2.00. The van der Waals surface area contributed by atoms with Crippen LogP contribution in [-0.4, -0.2) is 7.11 Å². The number of ether oxygens (including phenoxy) is 1. The third kappa shape index (κ3) is 5.48. The number of nitriles is 1. The van der Waals surface area contributed by atoms with Crippen molar-refractivity contribution < 1.29 is 4.74 Å². The summed E-state index contributed by atoms with van der Waals surface area (Å²) in [7, 11) is 1.73. The third-order valence-electron chi connectivity index (χ3n) is 5.15. The molecule has 0 spiro atoms. The summed E-state index contributed by atoms with van der Waals surface area (Å²) in [4.78, 5) is 0. The highest BCUT2D eigenvalue weighted by Gasteiger charge is 2.12. The van der Waals surface area contributed by atoms with Crippen molar-refractivity contribution in [2.45, 2.75) is 39.5 Å². The maximum atomic E-state index is 8.91. The highest BCUT2D eigenvalue weighted by molar-refractivity contribution is 5.70. The Balaban J connectivity index is 2.00. The van der Waals surface area contributed by atoms with E-state index in [-0.39, 0.29) is 0 Å². The molecule has 0 unspecified atom stereocenters. The highest BCUT2D eigenvalue weighted by atomic mass is 16.5. The molecule has 0 aliphatic rings. The van der Waals surface area contributed by atoms with Gasteiger partial charge in [0, 0.05) is 12.8 Å². The Morgan fingerprint density at radius 2 is 1.69 bits per heavy atom. The molecule has 0 saturated heterocycles. The lowest BCUT2D eigenvalue weighted by molar-refractivity contribution is 0.410. The van der Waals surface area contributed by atoms with Gasteiger partial charge < -0.3 is 4.74 Å². The molecule has 0 heterocycles. The smallest absolute Gasteiger partial charge is 0.122 e. The van der Waals surface area contributed by atoms with E-state index in [1.165, 1.54) is 33.4 Å². The Morgan fingerprint density at radius 1 is 0.897 bits per heavy atom. The molecule has 0 fully saturated rings. The molecular formula is C27H29NO. The van der Waals surface area contributed by atoms with Gasteiger partial charge in [-0.1, -0.05) is 68.4 Å². The summed E-state index contributed by atoms with van der Waals surface area (Å²) < 4.78 is 5.64. The Bertz CT molecular complexity index is 983. The first-order valence-electron chi connectivity index (χ1n) is 10.3. The van der Waals surface area contributed by atoms with Crippen LogP contribution in [0.5, 0.6) is 5.75 Å². The van der Waals surface area contributed by atoms with Crippen LogP contribution >= 0.6 is 0 Å². The van der Waals surface area contributed by atoms with E-state index in [1.807, 2.05) is 6.07 Å². The van der Waals surface area contributed by atoms with Gasteiger partial charge >= 0.3 is 0 Å². The van der Waals surface area contributed by atoms with Crippen LogP contribution in [0.25, 0.3) is 11.1 Å². The van der Waals surface area contributed by atoms with E-state index in [1.54, 1.807) is 7.11 Å². The molecule has 3 rings (SSSR count). The number of nitrogens with zero attached hydrogens (tertiary/aromatic N) is 1. The molecular weight excluding hydrogens is 354 g/mol. The van der Waals surface area contributed by atoms with Gasteiger partial charge in [0.25, 0.3) is 0 Å². The van der Waals surface area contributed by atoms with Gasteiger partial charge in [0.2, 0.25) is 0 Å². The molecule has 0 N–H and O–H groups in total. The summed E-state index contributed by atoms with van der Waals surface area (Å²) in [6.07, 6.45) is 3.24. The second-order valence-electron chi connectivity index (χ2n) is 7.94. The van der Waals surface area contributed by atoms with Gasteiger partial charge in [0.1, 0.15) is 5.75 Å². The maximum Gasteiger partial charge on any atom is 0.122 e. The molecule has 0 atom stereocenters. The normalized spacial score (nSPS) is 10.7. The zero-order valence-electron chi connectivity index (χ0n) is 17.6. The van der Waals surface area contributed by atoms with Crippen molar-refractivity contribution in [1.29, 1.82) is 5.26 Å². The number of hydrogen-bond donors (Lipinski definition) is 0. The fraction of sp³-hybridized carbons (Fsp3) is 0.296. The van der Waals surface area contributed by atoms with Crippen molar-refractivity contribution in [2.75, 3.05) is 7.11 Å².